The summed E-state index contributed by atoms with van der Waals surface area (Å²) in [5.74, 6) is 2.28. The molecular weight excluding hydrogens is 250 g/mol. The molecule has 1 nitrogen and oxygen atoms in total. The van der Waals surface area contributed by atoms with E-state index < -0.39 is 0 Å². The minimum Gasteiger partial charge on any atom is -0.261 e. The van der Waals surface area contributed by atoms with Crippen molar-refractivity contribution in [3.8, 4) is 0 Å². The van der Waals surface area contributed by atoms with Crippen LogP contribution in [0, 0.1) is 11.8 Å². The molecule has 82 valence electrons. The lowest BCUT2D eigenvalue weighted by Gasteiger charge is -2.38. The second kappa shape index (κ2) is 4.65. The Bertz CT molecular complexity index is 306. The van der Waals surface area contributed by atoms with E-state index in [2.05, 4.69) is 46.9 Å². The van der Waals surface area contributed by atoms with E-state index in [-0.39, 0.29) is 0 Å². The SMILES string of the molecule is CC1CC(C(Br)C(C)c2ccccn2)C1. The smallest absolute Gasteiger partial charge is 0.0442 e. The topological polar surface area (TPSA) is 12.9 Å². The van der Waals surface area contributed by atoms with Gasteiger partial charge in [0.15, 0.2) is 0 Å². The molecule has 1 aromatic heterocycles. The quantitative estimate of drug-likeness (QED) is 0.755. The Morgan fingerprint density at radius 1 is 1.40 bits per heavy atom. The van der Waals surface area contributed by atoms with Crippen LogP contribution < -0.4 is 0 Å². The van der Waals surface area contributed by atoms with Gasteiger partial charge in [-0.1, -0.05) is 35.8 Å². The van der Waals surface area contributed by atoms with Crippen molar-refractivity contribution < 1.29 is 0 Å². The lowest BCUT2D eigenvalue weighted by Crippen LogP contribution is -2.32. The average Bonchev–Trinajstić information content (AvgIpc) is 2.24. The van der Waals surface area contributed by atoms with Gasteiger partial charge in [-0.3, -0.25) is 4.98 Å². The van der Waals surface area contributed by atoms with Crippen LogP contribution in [-0.4, -0.2) is 9.81 Å². The van der Waals surface area contributed by atoms with Crippen LogP contribution in [0.25, 0.3) is 0 Å². The lowest BCUT2D eigenvalue weighted by atomic mass is 9.72. The highest BCUT2D eigenvalue weighted by Crippen LogP contribution is 2.43. The van der Waals surface area contributed by atoms with Crippen LogP contribution in [0.1, 0.15) is 38.3 Å². The molecule has 0 bridgehead atoms. The molecular formula is C13H18BrN. The van der Waals surface area contributed by atoms with Gasteiger partial charge in [-0.25, -0.2) is 0 Å². The van der Waals surface area contributed by atoms with E-state index in [0.717, 1.165) is 11.8 Å². The summed E-state index contributed by atoms with van der Waals surface area (Å²) in [6.07, 6.45) is 4.62. The Morgan fingerprint density at radius 2 is 2.13 bits per heavy atom. The second-order valence-electron chi connectivity index (χ2n) is 4.82. The molecule has 1 aliphatic rings. The van der Waals surface area contributed by atoms with E-state index in [9.17, 15) is 0 Å². The average molecular weight is 268 g/mol. The van der Waals surface area contributed by atoms with Crippen molar-refractivity contribution in [3.63, 3.8) is 0 Å². The highest BCUT2D eigenvalue weighted by molar-refractivity contribution is 9.09. The molecule has 0 spiro atoms. The number of halogens is 1. The number of hydrogen-bond donors (Lipinski definition) is 0. The standard InChI is InChI=1S/C13H18BrN/c1-9-7-11(8-9)13(14)10(2)12-5-3-4-6-15-12/h3-6,9-11,13H,7-8H2,1-2H3. The second-order valence-corrected chi connectivity index (χ2v) is 5.88. The molecule has 1 aromatic rings. The van der Waals surface area contributed by atoms with Crippen LogP contribution in [0.3, 0.4) is 0 Å². The minimum absolute atomic E-state index is 0.517. The Kier molecular flexibility index (Phi) is 3.45. The van der Waals surface area contributed by atoms with Crippen LogP contribution in [-0.2, 0) is 0 Å². The maximum Gasteiger partial charge on any atom is 0.0442 e. The molecule has 2 rings (SSSR count). The summed E-state index contributed by atoms with van der Waals surface area (Å²) in [6, 6.07) is 6.17. The van der Waals surface area contributed by atoms with Crippen LogP contribution in [0.4, 0.5) is 0 Å². The molecule has 1 saturated carbocycles. The molecule has 0 amide bonds. The number of alkyl halides is 1. The zero-order valence-electron chi connectivity index (χ0n) is 9.36. The van der Waals surface area contributed by atoms with Gasteiger partial charge in [0, 0.05) is 22.6 Å². The molecule has 0 saturated heterocycles. The maximum absolute atomic E-state index is 4.43. The number of rotatable bonds is 3. The molecule has 1 heterocycles. The van der Waals surface area contributed by atoms with E-state index in [1.165, 1.54) is 18.5 Å². The van der Waals surface area contributed by atoms with Gasteiger partial charge >= 0.3 is 0 Å². The van der Waals surface area contributed by atoms with Gasteiger partial charge in [0.1, 0.15) is 0 Å². The van der Waals surface area contributed by atoms with Crippen LogP contribution >= 0.6 is 15.9 Å². The molecule has 2 unspecified atom stereocenters. The number of hydrogen-bond acceptors (Lipinski definition) is 1. The Hall–Kier alpha value is -0.370. The first-order chi connectivity index (χ1) is 7.18. The monoisotopic (exact) mass is 267 g/mol. The summed E-state index contributed by atoms with van der Waals surface area (Å²) < 4.78 is 0. The third kappa shape index (κ3) is 2.41. The van der Waals surface area contributed by atoms with E-state index in [0.29, 0.717) is 10.7 Å². The normalized spacial score (nSPS) is 29.3. The Balaban J connectivity index is 1.99. The van der Waals surface area contributed by atoms with E-state index >= 15 is 0 Å². The van der Waals surface area contributed by atoms with Gasteiger partial charge in [-0.2, -0.15) is 0 Å². The molecule has 0 aliphatic heterocycles. The van der Waals surface area contributed by atoms with Gasteiger partial charge in [0.2, 0.25) is 0 Å². The first kappa shape index (κ1) is 11.1. The fourth-order valence-electron chi connectivity index (χ4n) is 2.44. The molecule has 0 N–H and O–H groups in total. The van der Waals surface area contributed by atoms with Gasteiger partial charge in [-0.05, 0) is 36.8 Å². The zero-order valence-corrected chi connectivity index (χ0v) is 10.9. The third-order valence-corrected chi connectivity index (χ3v) is 5.03. The van der Waals surface area contributed by atoms with Gasteiger partial charge in [0.25, 0.3) is 0 Å². The molecule has 15 heavy (non-hydrogen) atoms. The van der Waals surface area contributed by atoms with Crippen LogP contribution in [0.2, 0.25) is 0 Å². The first-order valence-electron chi connectivity index (χ1n) is 5.73. The molecule has 1 aliphatic carbocycles. The number of nitrogens with zero attached hydrogens (tertiary/aromatic N) is 1. The lowest BCUT2D eigenvalue weighted by molar-refractivity contribution is 0.200. The van der Waals surface area contributed by atoms with E-state index in [1.807, 2.05) is 12.3 Å². The third-order valence-electron chi connectivity index (χ3n) is 3.49. The summed E-state index contributed by atoms with van der Waals surface area (Å²) >= 11 is 3.84. The van der Waals surface area contributed by atoms with Crippen molar-refractivity contribution in [3.05, 3.63) is 30.1 Å². The van der Waals surface area contributed by atoms with Gasteiger partial charge in [0.05, 0.1) is 0 Å². The highest BCUT2D eigenvalue weighted by atomic mass is 79.9. The molecule has 1 fully saturated rings. The molecule has 2 atom stereocenters. The number of aromatic nitrogens is 1. The number of pyridine rings is 1. The zero-order chi connectivity index (χ0) is 10.8. The Labute approximate surface area is 100 Å². The van der Waals surface area contributed by atoms with Crippen molar-refractivity contribution in [2.45, 2.75) is 37.4 Å². The fraction of sp³-hybridized carbons (Fsp3) is 0.615. The summed E-state index contributed by atoms with van der Waals surface area (Å²) in [5.41, 5.74) is 1.21. The van der Waals surface area contributed by atoms with Crippen molar-refractivity contribution in [1.29, 1.82) is 0 Å². The maximum atomic E-state index is 4.43. The predicted octanol–water partition coefficient (Wildman–Crippen LogP) is 3.99. The summed E-state index contributed by atoms with van der Waals surface area (Å²) in [7, 11) is 0. The van der Waals surface area contributed by atoms with Crippen molar-refractivity contribution >= 4 is 15.9 Å². The molecule has 2 heteroatoms. The van der Waals surface area contributed by atoms with Crippen molar-refractivity contribution in [2.24, 2.45) is 11.8 Å². The Morgan fingerprint density at radius 3 is 2.67 bits per heavy atom. The highest BCUT2D eigenvalue weighted by Gasteiger charge is 2.34. The summed E-state index contributed by atoms with van der Waals surface area (Å²) in [4.78, 5) is 5.02. The fourth-order valence-corrected chi connectivity index (χ4v) is 3.14. The van der Waals surface area contributed by atoms with Crippen molar-refractivity contribution in [1.82, 2.24) is 4.98 Å². The van der Waals surface area contributed by atoms with Gasteiger partial charge < -0.3 is 0 Å². The van der Waals surface area contributed by atoms with E-state index in [1.54, 1.807) is 0 Å². The van der Waals surface area contributed by atoms with E-state index in [4.69, 9.17) is 0 Å². The van der Waals surface area contributed by atoms with Crippen molar-refractivity contribution in [2.75, 3.05) is 0 Å². The summed E-state index contributed by atoms with van der Waals surface area (Å²) in [5, 5.41) is 0. The molecule has 0 aromatic carbocycles. The predicted molar refractivity (Wildman–Crippen MR) is 67.3 cm³/mol. The van der Waals surface area contributed by atoms with Crippen LogP contribution in [0.15, 0.2) is 24.4 Å². The van der Waals surface area contributed by atoms with Gasteiger partial charge in [-0.15, -0.1) is 0 Å². The van der Waals surface area contributed by atoms with Crippen LogP contribution in [0.5, 0.6) is 0 Å². The minimum atomic E-state index is 0.517. The summed E-state index contributed by atoms with van der Waals surface area (Å²) in [6.45, 7) is 4.60. The first-order valence-corrected chi connectivity index (χ1v) is 6.65. The largest absolute Gasteiger partial charge is 0.261 e. The molecule has 0 radical (unpaired) electrons.